The molecule has 1 fully saturated rings. The number of ether oxygens (including phenoxy) is 5. The van der Waals surface area contributed by atoms with Crippen molar-refractivity contribution >= 4 is 88.3 Å². The standard InChI is InChI=1S/C68H84N5O20P/c1-35(2)33-72-24-26-73(27-25-72)46-31-48(76)56-49(32-46)91-65-57(70-56)53-54-60(81)42(9)64-55(53)66(83)68(11,93-64)89-29-23-36(3)39(6)63(90-43(10)75)41(8)59(80)40(7)62(37(4)14-12-15-38(5)67(84)71-58(65)61(54)82)92-52(79)16-13-28-88-51(78)22-21-50(77)69-45-19-17-44(18-20-45)30-47(34-74)94(85,86)87/h12,14-15,17-20,23,29,31-32,34-37,39-41,47,59,62-63,76,80-81H,13,16,21-22,24-28,30,33H2,1-11H3,(H,69,77)(H,71,84)(H2,85,86,87)/b14-12+,29-23+,38-15-/t36-,37-,39+,40-,41+,47?,59+,62-,63+,68-/m0/s1. The third kappa shape index (κ3) is 16.2. The molecule has 0 aromatic heterocycles. The number of rotatable bonds is 17. The van der Waals surface area contributed by atoms with E-state index in [4.69, 9.17) is 33.1 Å². The fourth-order valence-electron chi connectivity index (χ4n) is 12.2. The number of amides is 2. The summed E-state index contributed by atoms with van der Waals surface area (Å²) in [5.74, 6) is -10.5. The van der Waals surface area contributed by atoms with Gasteiger partial charge < -0.3 is 73.5 Å². The molecular weight excluding hydrogens is 1240 g/mol. The first-order valence-corrected chi connectivity index (χ1v) is 33.1. The zero-order valence-corrected chi connectivity index (χ0v) is 55.5. The van der Waals surface area contributed by atoms with Crippen molar-refractivity contribution in [1.82, 2.24) is 9.88 Å². The minimum atomic E-state index is -4.65. The van der Waals surface area contributed by atoms with E-state index in [9.17, 15) is 58.4 Å². The molecule has 2 amide bonds. The molecule has 25 nitrogen and oxygen atoms in total. The average molecular weight is 1320 g/mol. The first kappa shape index (κ1) is 71.4. The van der Waals surface area contributed by atoms with E-state index in [0.29, 0.717) is 35.9 Å². The molecule has 3 aromatic carbocycles. The SMILES string of the molecule is CC(=O)O[C@H]1[C@H](C)[C@H](O)[C@H](C)[C@@H](OC(=O)CCCOC(=O)CCC(=O)Nc2ccc(CC(C=O)P(=O)(O)O)cc2)[C@@H](C)/C=C/C=C(/C)C(=O)Nc2c3oc4cc(N5CCN(CC(C)C)CC5)cc(O)c4nc-3c3c4c(c(C)c(O)c3c2=O)O[C@](C)(O/C=C/[C@H](C)[C@H]1C)C4=O. The van der Waals surface area contributed by atoms with Crippen molar-refractivity contribution in [2.45, 2.75) is 138 Å². The van der Waals surface area contributed by atoms with Gasteiger partial charge in [0.1, 0.15) is 58.3 Å². The van der Waals surface area contributed by atoms with Crippen LogP contribution in [0.5, 0.6) is 17.2 Å². The Kier molecular flexibility index (Phi) is 22.7. The number of aromatic hydroxyl groups is 2. The van der Waals surface area contributed by atoms with Crippen LogP contribution in [0.2, 0.25) is 0 Å². The molecule has 9 rings (SSSR count). The third-order valence-electron chi connectivity index (χ3n) is 17.8. The highest BCUT2D eigenvalue weighted by molar-refractivity contribution is 7.53. The van der Waals surface area contributed by atoms with Gasteiger partial charge >= 0.3 is 31.3 Å². The summed E-state index contributed by atoms with van der Waals surface area (Å²) in [4.78, 5) is 136. The number of nitrogens with one attached hydrogen (secondary N) is 2. The number of carbonyl (C=O) groups is 7. The lowest BCUT2D eigenvalue weighted by Gasteiger charge is -2.38. The fourth-order valence-corrected chi connectivity index (χ4v) is 12.8. The maximum atomic E-state index is 15.1. The number of carbonyl (C=O) groups excluding carboxylic acids is 7. The molecule has 0 radical (unpaired) electrons. The summed E-state index contributed by atoms with van der Waals surface area (Å²) in [7, 11) is -4.65. The van der Waals surface area contributed by atoms with Gasteiger partial charge in [0.05, 0.1) is 36.3 Å². The number of aldehydes is 1. The molecular formula is C68H84N5O20P. The minimum absolute atomic E-state index is 0.00166. The monoisotopic (exact) mass is 1320 g/mol. The molecule has 5 aliphatic heterocycles. The van der Waals surface area contributed by atoms with Crippen LogP contribution in [0.25, 0.3) is 33.3 Å². The molecule has 7 N–H and O–H groups in total. The molecule has 5 bridgehead atoms. The van der Waals surface area contributed by atoms with Gasteiger partial charge in [0.15, 0.2) is 11.3 Å². The van der Waals surface area contributed by atoms with Crippen LogP contribution in [0, 0.1) is 42.4 Å². The fraction of sp³-hybridized carbons (Fsp3) is 0.485. The Morgan fingerprint density at radius 2 is 1.56 bits per heavy atom. The van der Waals surface area contributed by atoms with E-state index in [0.717, 1.165) is 19.6 Å². The lowest BCUT2D eigenvalue weighted by atomic mass is 9.77. The van der Waals surface area contributed by atoms with Crippen molar-refractivity contribution in [3.05, 3.63) is 99.5 Å². The lowest BCUT2D eigenvalue weighted by molar-refractivity contribution is -0.164. The first-order chi connectivity index (χ1) is 44.3. The van der Waals surface area contributed by atoms with E-state index >= 15 is 9.59 Å². The second-order valence-electron chi connectivity index (χ2n) is 25.4. The van der Waals surface area contributed by atoms with Gasteiger partial charge in [0.2, 0.25) is 11.3 Å². The van der Waals surface area contributed by atoms with Gasteiger partial charge in [0.25, 0.3) is 11.7 Å². The molecule has 6 aliphatic rings. The largest absolute Gasteiger partial charge is 0.507 e. The van der Waals surface area contributed by atoms with Crippen molar-refractivity contribution in [1.29, 1.82) is 0 Å². The number of benzene rings is 4. The number of phenolic OH excluding ortho intramolecular Hbond substituents is 2. The van der Waals surface area contributed by atoms with Crippen LogP contribution in [-0.4, -0.2) is 146 Å². The predicted molar refractivity (Wildman–Crippen MR) is 348 cm³/mol. The Labute approximate surface area is 544 Å². The number of Topliss-reactive ketones (excluding diaryl/α,β-unsaturated/α-hetero) is 1. The highest BCUT2D eigenvalue weighted by Crippen LogP contribution is 2.51. The first-order valence-electron chi connectivity index (χ1n) is 31.5. The molecule has 10 atom stereocenters. The van der Waals surface area contributed by atoms with Crippen LogP contribution < -0.4 is 25.7 Å². The predicted octanol–water partition coefficient (Wildman–Crippen LogP) is 8.63. The maximum Gasteiger partial charge on any atom is 0.336 e. The van der Waals surface area contributed by atoms with E-state index in [1.807, 2.05) is 6.92 Å². The molecule has 26 heteroatoms. The number of allylic oxidation sites excluding steroid dienone is 3. The zero-order chi connectivity index (χ0) is 68.8. The summed E-state index contributed by atoms with van der Waals surface area (Å²) in [6, 6.07) is 9.20. The van der Waals surface area contributed by atoms with Crippen LogP contribution in [0.4, 0.5) is 17.1 Å². The van der Waals surface area contributed by atoms with Crippen molar-refractivity contribution in [2.75, 3.05) is 54.9 Å². The summed E-state index contributed by atoms with van der Waals surface area (Å²) in [5.41, 5.74) is -1.80. The van der Waals surface area contributed by atoms with Crippen LogP contribution >= 0.6 is 7.60 Å². The Morgan fingerprint density at radius 3 is 2.21 bits per heavy atom. The van der Waals surface area contributed by atoms with Gasteiger partial charge in [-0.3, -0.25) is 43.0 Å². The summed E-state index contributed by atoms with van der Waals surface area (Å²) in [6.45, 7) is 22.0. The number of hydrogen-bond acceptors (Lipinski definition) is 21. The van der Waals surface area contributed by atoms with E-state index < -0.39 is 125 Å². The van der Waals surface area contributed by atoms with Crippen LogP contribution in [0.15, 0.2) is 81.7 Å². The van der Waals surface area contributed by atoms with Crippen molar-refractivity contribution in [2.24, 2.45) is 35.5 Å². The number of aromatic nitrogens is 1. The number of hydrogen-bond donors (Lipinski definition) is 7. The number of phenols is 2. The van der Waals surface area contributed by atoms with E-state index in [-0.39, 0.29) is 101 Å². The maximum absolute atomic E-state index is 15.1. The van der Waals surface area contributed by atoms with E-state index in [1.54, 1.807) is 52.0 Å². The summed E-state index contributed by atoms with van der Waals surface area (Å²) in [5, 5.41) is 40.8. The number of piperazine rings is 1. The van der Waals surface area contributed by atoms with Crippen LogP contribution in [-0.2, 0) is 58.7 Å². The topological polar surface area (TPSA) is 358 Å². The van der Waals surface area contributed by atoms with E-state index in [1.165, 1.54) is 70.4 Å². The van der Waals surface area contributed by atoms with Gasteiger partial charge in [-0.2, -0.15) is 0 Å². The Morgan fingerprint density at radius 1 is 0.883 bits per heavy atom. The molecule has 5 heterocycles. The Bertz CT molecular complexity index is 3890. The highest BCUT2D eigenvalue weighted by atomic mass is 31.2. The Hall–Kier alpha value is -8.48. The average Bonchev–Trinajstić information content (AvgIpc) is 1.37. The van der Waals surface area contributed by atoms with Crippen LogP contribution in [0.3, 0.4) is 0 Å². The normalized spacial score (nSPS) is 24.8. The Balaban J connectivity index is 1.07. The smallest absolute Gasteiger partial charge is 0.336 e. The second kappa shape index (κ2) is 29.9. The van der Waals surface area contributed by atoms with Crippen molar-refractivity contribution < 1.29 is 91.3 Å². The van der Waals surface area contributed by atoms with Crippen LogP contribution in [0.1, 0.15) is 116 Å². The van der Waals surface area contributed by atoms with Gasteiger partial charge in [-0.1, -0.05) is 78.8 Å². The van der Waals surface area contributed by atoms with Gasteiger partial charge in [-0.05, 0) is 68.2 Å². The molecule has 1 unspecified atom stereocenters. The van der Waals surface area contributed by atoms with Gasteiger partial charge in [-0.15, -0.1) is 0 Å². The second-order valence-corrected chi connectivity index (χ2v) is 27.3. The van der Waals surface area contributed by atoms with Crippen molar-refractivity contribution in [3.8, 4) is 28.7 Å². The summed E-state index contributed by atoms with van der Waals surface area (Å²) in [6.07, 6.45) is 3.34. The summed E-state index contributed by atoms with van der Waals surface area (Å²) < 4.78 is 48.0. The van der Waals surface area contributed by atoms with Gasteiger partial charge in [-0.25, -0.2) is 4.98 Å². The number of anilines is 3. The lowest BCUT2D eigenvalue weighted by Crippen LogP contribution is -2.47. The van der Waals surface area contributed by atoms with Crippen molar-refractivity contribution in [3.63, 3.8) is 0 Å². The number of aliphatic hydroxyl groups excluding tert-OH is 1. The molecule has 0 spiro atoms. The quantitative estimate of drug-likeness (QED) is 0.00870. The molecule has 3 aromatic rings. The summed E-state index contributed by atoms with van der Waals surface area (Å²) >= 11 is 0. The zero-order valence-electron chi connectivity index (χ0n) is 54.6. The number of aliphatic hydroxyl groups is 1. The molecule has 1 saturated heterocycles. The van der Waals surface area contributed by atoms with E-state index in [2.05, 4.69) is 34.3 Å². The molecule has 0 saturated carbocycles. The number of esters is 3. The minimum Gasteiger partial charge on any atom is -0.507 e. The van der Waals surface area contributed by atoms with Gasteiger partial charge in [0, 0.05) is 117 Å². The highest BCUT2D eigenvalue weighted by Gasteiger charge is 2.50. The number of fused-ring (bicyclic) bond motifs is 14. The molecule has 94 heavy (non-hydrogen) atoms. The number of nitrogens with zero attached hydrogens (tertiary/aromatic N) is 3. The number of ketones is 1. The third-order valence-corrected chi connectivity index (χ3v) is 18.9. The molecule has 1 aliphatic carbocycles. The molecule has 506 valence electrons.